The second-order valence-corrected chi connectivity index (χ2v) is 12.8. The van der Waals surface area contributed by atoms with Crippen molar-refractivity contribution in [3.8, 4) is 0 Å². The smallest absolute Gasteiger partial charge is 0.384 e. The van der Waals surface area contributed by atoms with Crippen LogP contribution in [0.15, 0.2) is 93.8 Å². The van der Waals surface area contributed by atoms with Crippen LogP contribution in [0, 0.1) is 0 Å². The molecule has 0 atom stereocenters. The van der Waals surface area contributed by atoms with Crippen molar-refractivity contribution >= 4 is 56.2 Å². The molecule has 0 saturated heterocycles. The van der Waals surface area contributed by atoms with E-state index in [-0.39, 0.29) is 0 Å². The second-order valence-electron chi connectivity index (χ2n) is 10.1. The molecule has 2 aromatic carbocycles. The van der Waals surface area contributed by atoms with E-state index < -0.39 is 0 Å². The number of nitrogens with zero attached hydrogens (tertiary/aromatic N) is 8. The van der Waals surface area contributed by atoms with Gasteiger partial charge in [0.1, 0.15) is 11.4 Å². The number of imidazole rings is 2. The first-order valence-electron chi connectivity index (χ1n) is 14.7. The highest BCUT2D eigenvalue weighted by Crippen LogP contribution is 2.20. The number of anilines is 2. The first-order chi connectivity index (χ1) is 21.5. The van der Waals surface area contributed by atoms with Gasteiger partial charge in [0, 0.05) is 72.4 Å². The van der Waals surface area contributed by atoms with Crippen LogP contribution >= 0.6 is 21.6 Å². The fourth-order valence-corrected chi connectivity index (χ4v) is 6.03. The molecule has 14 heteroatoms. The standard InChI is InChI=1S/C30H42N12S2/c1-39-19-20-40(2)29(39)37-35-27-9-5-25(6-10-27)33-15-13-31-17-23-43-44-24-18-32-14-16-34-26-7-11-28(12-8-26)36-38-30-41(3)21-22-42(30)4/h5-12,19-22,31-32H,13-18,23-24H2,1-4H3/p+2. The van der Waals surface area contributed by atoms with Crippen LogP contribution in [0.4, 0.5) is 34.6 Å². The molecule has 0 unspecified atom stereocenters. The summed E-state index contributed by atoms with van der Waals surface area (Å²) < 4.78 is 7.75. The summed E-state index contributed by atoms with van der Waals surface area (Å²) in [5, 5.41) is 31.2. The molecule has 0 saturated carbocycles. The Hall–Kier alpha value is -3.72. The monoisotopic (exact) mass is 636 g/mol. The van der Waals surface area contributed by atoms with E-state index in [2.05, 4.69) is 41.7 Å². The van der Waals surface area contributed by atoms with Gasteiger partial charge in [-0.2, -0.15) is 0 Å². The highest BCUT2D eigenvalue weighted by atomic mass is 33.1. The SMILES string of the molecule is Cn1cc[n+](C)c1N=Nc1ccc(NCCNCCSSCCNCCNc2ccc(N=Nc3n(C)cc[n+]3C)cc2)cc1. The molecule has 0 spiro atoms. The predicted octanol–water partition coefficient (Wildman–Crippen LogP) is 4.93. The molecule has 2 heterocycles. The maximum Gasteiger partial charge on any atom is 0.421 e. The molecule has 0 radical (unpaired) electrons. The summed E-state index contributed by atoms with van der Waals surface area (Å²) in [6.45, 7) is 5.58. The largest absolute Gasteiger partial charge is 0.421 e. The highest BCUT2D eigenvalue weighted by Gasteiger charge is 2.11. The summed E-state index contributed by atoms with van der Waals surface area (Å²) in [7, 11) is 11.7. The molecule has 0 bridgehead atoms. The zero-order valence-corrected chi connectivity index (χ0v) is 27.6. The van der Waals surface area contributed by atoms with Gasteiger partial charge in [-0.1, -0.05) is 31.8 Å². The van der Waals surface area contributed by atoms with Crippen molar-refractivity contribution in [2.75, 3.05) is 61.4 Å². The second kappa shape index (κ2) is 18.2. The molecule has 234 valence electrons. The molecule has 0 aliphatic rings. The molecule has 4 N–H and O–H groups in total. The lowest BCUT2D eigenvalue weighted by Gasteiger charge is -2.08. The van der Waals surface area contributed by atoms with Crippen LogP contribution in [0.2, 0.25) is 0 Å². The third-order valence-corrected chi connectivity index (χ3v) is 9.01. The number of aromatic nitrogens is 4. The summed E-state index contributed by atoms with van der Waals surface area (Å²) in [6.07, 6.45) is 7.82. The van der Waals surface area contributed by atoms with E-state index in [1.165, 1.54) is 0 Å². The topological polar surface area (TPSA) is 115 Å². The summed E-state index contributed by atoms with van der Waals surface area (Å²) in [6, 6.07) is 16.0. The fraction of sp³-hybridized carbons (Fsp3) is 0.400. The predicted molar refractivity (Wildman–Crippen MR) is 182 cm³/mol. The number of aryl methyl sites for hydroxylation is 4. The fourth-order valence-electron chi connectivity index (χ4n) is 4.13. The Morgan fingerprint density at radius 1 is 0.568 bits per heavy atom. The molecule has 2 aromatic heterocycles. The lowest BCUT2D eigenvalue weighted by Crippen LogP contribution is -2.25. The van der Waals surface area contributed by atoms with Gasteiger partial charge < -0.3 is 21.3 Å². The van der Waals surface area contributed by atoms with Gasteiger partial charge in [-0.15, -0.1) is 0 Å². The number of hydrogen-bond donors (Lipinski definition) is 4. The van der Waals surface area contributed by atoms with Gasteiger partial charge in [-0.3, -0.25) is 0 Å². The van der Waals surface area contributed by atoms with Gasteiger partial charge in [0.05, 0.1) is 53.0 Å². The van der Waals surface area contributed by atoms with Gasteiger partial charge in [-0.25, -0.2) is 18.3 Å². The maximum absolute atomic E-state index is 4.34. The molecule has 0 amide bonds. The van der Waals surface area contributed by atoms with Gasteiger partial charge in [-0.05, 0) is 48.5 Å². The molecule has 12 nitrogen and oxygen atoms in total. The van der Waals surface area contributed by atoms with Crippen molar-refractivity contribution in [1.29, 1.82) is 0 Å². The molecule has 0 fully saturated rings. The normalized spacial score (nSPS) is 11.6. The minimum Gasteiger partial charge on any atom is -0.384 e. The van der Waals surface area contributed by atoms with Crippen LogP contribution < -0.4 is 30.4 Å². The van der Waals surface area contributed by atoms with E-state index >= 15 is 0 Å². The Kier molecular flexibility index (Phi) is 13.7. The van der Waals surface area contributed by atoms with Gasteiger partial charge >= 0.3 is 11.9 Å². The summed E-state index contributed by atoms with van der Waals surface area (Å²) >= 11 is 0. The number of rotatable bonds is 19. The van der Waals surface area contributed by atoms with E-state index in [0.29, 0.717) is 0 Å². The third kappa shape index (κ3) is 11.1. The Bertz CT molecular complexity index is 1310. The maximum atomic E-state index is 4.34. The zero-order valence-electron chi connectivity index (χ0n) is 26.0. The summed E-state index contributed by atoms with van der Waals surface area (Å²) in [5.74, 6) is 3.77. The Balaban J connectivity index is 0.946. The van der Waals surface area contributed by atoms with Crippen molar-refractivity contribution in [3.63, 3.8) is 0 Å². The third-order valence-electron chi connectivity index (χ3n) is 6.60. The minimum atomic E-state index is 0.799. The average molecular weight is 637 g/mol. The number of hydrogen-bond acceptors (Lipinski definition) is 10. The van der Waals surface area contributed by atoms with Crippen molar-refractivity contribution in [2.45, 2.75) is 0 Å². The van der Waals surface area contributed by atoms with Gasteiger partial charge in [0.25, 0.3) is 0 Å². The number of benzene rings is 2. The van der Waals surface area contributed by atoms with Crippen molar-refractivity contribution in [2.24, 2.45) is 48.6 Å². The Morgan fingerprint density at radius 2 is 0.977 bits per heavy atom. The van der Waals surface area contributed by atoms with E-state index in [9.17, 15) is 0 Å². The van der Waals surface area contributed by atoms with E-state index in [4.69, 9.17) is 0 Å². The molecule has 4 rings (SSSR count). The van der Waals surface area contributed by atoms with Crippen molar-refractivity contribution < 1.29 is 9.13 Å². The van der Waals surface area contributed by atoms with E-state index in [1.807, 2.05) is 141 Å². The van der Waals surface area contributed by atoms with Crippen molar-refractivity contribution in [1.82, 2.24) is 19.8 Å². The van der Waals surface area contributed by atoms with Crippen LogP contribution in [0.25, 0.3) is 0 Å². The van der Waals surface area contributed by atoms with Crippen LogP contribution in [-0.4, -0.2) is 59.9 Å². The Labute approximate surface area is 267 Å². The molecular weight excluding hydrogens is 593 g/mol. The quantitative estimate of drug-likeness (QED) is 0.0503. The number of azo groups is 2. The molecule has 44 heavy (non-hydrogen) atoms. The summed E-state index contributed by atoms with van der Waals surface area (Å²) in [5.41, 5.74) is 3.82. The minimum absolute atomic E-state index is 0.799. The number of nitrogens with one attached hydrogen (secondary N) is 4. The summed E-state index contributed by atoms with van der Waals surface area (Å²) in [4.78, 5) is 0. The van der Waals surface area contributed by atoms with Crippen LogP contribution in [0.1, 0.15) is 0 Å². The zero-order chi connectivity index (χ0) is 31.0. The Morgan fingerprint density at radius 3 is 1.34 bits per heavy atom. The molecular formula is C30H44N12S2+2. The molecule has 4 aromatic rings. The lowest BCUT2D eigenvalue weighted by molar-refractivity contribution is -0.657. The van der Waals surface area contributed by atoms with E-state index in [0.717, 1.165) is 85.4 Å². The van der Waals surface area contributed by atoms with Gasteiger partial charge in [0.15, 0.2) is 0 Å². The highest BCUT2D eigenvalue weighted by molar-refractivity contribution is 8.76. The van der Waals surface area contributed by atoms with Crippen LogP contribution in [0.5, 0.6) is 0 Å². The van der Waals surface area contributed by atoms with Gasteiger partial charge in [0.2, 0.25) is 0 Å². The first kappa shape index (κ1) is 33.2. The van der Waals surface area contributed by atoms with Crippen molar-refractivity contribution in [3.05, 3.63) is 73.3 Å². The molecule has 0 aliphatic heterocycles. The van der Waals surface area contributed by atoms with Crippen LogP contribution in [0.3, 0.4) is 0 Å². The lowest BCUT2D eigenvalue weighted by atomic mass is 10.3. The van der Waals surface area contributed by atoms with E-state index in [1.54, 1.807) is 0 Å². The first-order valence-corrected chi connectivity index (χ1v) is 17.2. The molecule has 0 aliphatic carbocycles. The average Bonchev–Trinajstić information content (AvgIpc) is 3.54. The van der Waals surface area contributed by atoms with Crippen LogP contribution in [-0.2, 0) is 28.2 Å².